The Kier molecular flexibility index (Phi) is 36.0. The number of rotatable bonds is 12. The molecule has 534 valence electrons. The van der Waals surface area contributed by atoms with Gasteiger partial charge in [-0.2, -0.15) is 0 Å². The number of phenols is 2. The molecule has 1 aromatic carbocycles. The van der Waals surface area contributed by atoms with Gasteiger partial charge in [0.05, 0.1) is 53.4 Å². The smallest absolute Gasteiger partial charge is 0.405 e. The van der Waals surface area contributed by atoms with Crippen molar-refractivity contribution in [2.45, 2.75) is 168 Å². The summed E-state index contributed by atoms with van der Waals surface area (Å²) >= 11 is 5.05. The Balaban J connectivity index is 0.000000778. The van der Waals surface area contributed by atoms with Crippen molar-refractivity contribution in [3.8, 4) is 11.5 Å². The summed E-state index contributed by atoms with van der Waals surface area (Å²) in [5, 5.41) is 61.2. The van der Waals surface area contributed by atoms with Crippen LogP contribution in [-0.4, -0.2) is 136 Å². The van der Waals surface area contributed by atoms with Crippen LogP contribution in [0.2, 0.25) is 0 Å². The van der Waals surface area contributed by atoms with E-state index in [1.165, 1.54) is 26.4 Å². The fraction of sp³-hybridized carbons (Fsp3) is 0.507. The quantitative estimate of drug-likeness (QED) is 0.0357. The summed E-state index contributed by atoms with van der Waals surface area (Å²) in [5.41, 5.74) is 21.6. The van der Waals surface area contributed by atoms with Crippen molar-refractivity contribution < 1.29 is 106 Å². The number of hydrogen-bond acceptors (Lipinski definition) is 18. The zero-order valence-electron chi connectivity index (χ0n) is 56.9. The number of phenolic OH excluding ortho intramolecular Hbond substituents is 2. The lowest BCUT2D eigenvalue weighted by Gasteiger charge is -2.32. The van der Waals surface area contributed by atoms with Crippen LogP contribution in [0.3, 0.4) is 0 Å². The number of nitrogens with one attached hydrogen (secondary N) is 2. The first-order chi connectivity index (χ1) is 43.9. The number of primary amides is 2. The predicted octanol–water partition coefficient (Wildman–Crippen LogP) is 2.35. The molecule has 27 heteroatoms. The lowest BCUT2D eigenvalue weighted by Crippen LogP contribution is -3.00. The molecule has 5 aliphatic rings. The third kappa shape index (κ3) is 25.3. The Morgan fingerprint density at radius 2 is 1.22 bits per heavy atom. The molecule has 2 fully saturated rings. The molecule has 17 N–H and O–H groups in total. The van der Waals surface area contributed by atoms with Crippen LogP contribution >= 0.6 is 24.0 Å². The zero-order chi connectivity index (χ0) is 71.3. The third-order valence-corrected chi connectivity index (χ3v) is 17.4. The normalized spacial score (nSPS) is 29.5. The summed E-state index contributed by atoms with van der Waals surface area (Å²) in [6.45, 7) is 25.7. The molecule has 1 aromatic rings. The first kappa shape index (κ1) is 86.8. The number of carbonyl (C=O) groups is 8. The van der Waals surface area contributed by atoms with Gasteiger partial charge in [0.1, 0.15) is 29.5 Å². The van der Waals surface area contributed by atoms with E-state index >= 15 is 0 Å². The highest BCUT2D eigenvalue weighted by molar-refractivity contribution is 6.66. The Labute approximate surface area is 580 Å². The van der Waals surface area contributed by atoms with Gasteiger partial charge in [0.2, 0.25) is 11.0 Å². The van der Waals surface area contributed by atoms with Gasteiger partial charge in [-0.25, -0.2) is 9.59 Å². The molecule has 2 heterocycles. The topological polar surface area (TPSA) is 424 Å². The highest BCUT2D eigenvalue weighted by Crippen LogP contribution is 2.41. The molecule has 0 saturated heterocycles. The molecule has 24 nitrogen and oxygen atoms in total. The summed E-state index contributed by atoms with van der Waals surface area (Å²) in [4.78, 5) is 95.9. The van der Waals surface area contributed by atoms with Crippen molar-refractivity contribution in [2.24, 2.45) is 52.7 Å². The molecule has 0 aromatic heterocycles. The van der Waals surface area contributed by atoms with Crippen LogP contribution in [0.1, 0.15) is 120 Å². The van der Waals surface area contributed by atoms with E-state index in [9.17, 15) is 63.9 Å². The number of Topliss-reactive ketones (excluding diaryl/α,β-unsaturated/α-hetero) is 1. The molecular weight excluding hydrogens is 1310 g/mol. The predicted molar refractivity (Wildman–Crippen MR) is 361 cm³/mol. The number of aliphatic carboxylic acids is 1. The van der Waals surface area contributed by atoms with Crippen molar-refractivity contribution in [3.05, 3.63) is 131 Å². The first-order valence-corrected chi connectivity index (χ1v) is 31.6. The number of carboxylic acids is 1. The van der Waals surface area contributed by atoms with Crippen molar-refractivity contribution in [3.63, 3.8) is 0 Å². The maximum atomic E-state index is 13.6. The van der Waals surface area contributed by atoms with E-state index in [4.69, 9.17) is 47.7 Å². The molecule has 12 atom stereocenters. The zero-order valence-corrected chi connectivity index (χ0v) is 59.2. The minimum atomic E-state index is -1.01. The number of nitrogens with two attached hydrogens (primary N) is 4. The van der Waals surface area contributed by atoms with Crippen LogP contribution in [0, 0.1) is 35.5 Å². The average Bonchev–Trinajstić information content (AvgIpc) is 1.35. The number of carbonyl (C=O) groups excluding carboxylic acids is 8. The fourth-order valence-corrected chi connectivity index (χ4v) is 11.0. The van der Waals surface area contributed by atoms with Gasteiger partial charge in [0.25, 0.3) is 11.8 Å². The number of aliphatic hydroxyl groups excluding tert-OH is 2. The number of quaternary nitrogens is 2. The summed E-state index contributed by atoms with van der Waals surface area (Å²) in [6.07, 6.45) is 15.7. The number of carboxylic acid groups (broad SMARTS) is 1. The minimum absolute atomic E-state index is 0. The van der Waals surface area contributed by atoms with Gasteiger partial charge < -0.3 is 101 Å². The van der Waals surface area contributed by atoms with E-state index in [2.05, 4.69) is 29.5 Å². The highest BCUT2D eigenvalue weighted by Gasteiger charge is 2.45. The van der Waals surface area contributed by atoms with Gasteiger partial charge in [0, 0.05) is 85.2 Å². The summed E-state index contributed by atoms with van der Waals surface area (Å²) in [5.74, 6) is -5.23. The molecule has 0 radical (unpaired) electrons. The Morgan fingerprint density at radius 3 is 1.59 bits per heavy atom. The monoisotopic (exact) mass is 1400 g/mol. The van der Waals surface area contributed by atoms with Crippen LogP contribution < -0.4 is 56.4 Å². The van der Waals surface area contributed by atoms with E-state index in [1.807, 2.05) is 53.7 Å². The molecule has 4 bridgehead atoms. The van der Waals surface area contributed by atoms with Gasteiger partial charge in [-0.1, -0.05) is 103 Å². The standard InChI is InChI=1S/C31H42N2O7.C30H43N3O7.C4H6ClNO.C4H7NO2.2ClH/c1-8-9-13-22-23-15-21(6)29(39-7)26(35)19(4)14-20(5)28(40-31(32)38)17(2)11-10-12-18(3)30(37)33-24(27(23)36)16-25(22)34;1-8-12-32-24-21-14-20(6)28(39-7)25(35)18(4)13-19(5)27(40-30(31)38)16(2)10-9-11-17(3)29(37)33-22(26(21)36)15-23(24)34;5-3(7)4(6)1-2-4;5-4(1-2-4)3(6)7;;/h8,10-12,14,16-17,19,21,26,28-29,35H,1,9,13,15H2,2-7H3,(H2,32,38)(H,33,37);8-11,13,15-16,18,20,25,27-28,32,34-36H,1,12,14H2,2-7H3,(H2,31,38)(H,33,37);1-2,6H2;1-2,5H2,(H,6,7);2*1H/b11-10-,18-12+,20-14+;10-9-,17-11+,19-13+;;;;/t17-,19-,21+,26+,28+,29-;16-,18-,20+,25+,27+,28-;;;;/m00..../s1. The van der Waals surface area contributed by atoms with Crippen molar-refractivity contribution >= 4 is 82.2 Å². The van der Waals surface area contributed by atoms with E-state index in [0.29, 0.717) is 71.3 Å². The second kappa shape index (κ2) is 39.9. The molecule has 0 unspecified atom stereocenters. The van der Waals surface area contributed by atoms with Crippen molar-refractivity contribution in [1.29, 1.82) is 0 Å². The maximum absolute atomic E-state index is 13.6. The SMILES string of the molecule is C=CCCC1=C2C[C@@H](C)[C@H](OC)[C@H](O)[C@@H](C)/C=C(\C)[C@H](OC(N)=O)[C@@H](C)/C=C\C=C(/C)C(=O)NC(=CC1=O)C2=O.C=CC[NH2+]c1c(O)cc2c(O)c1C[C@@H](C)[C@H](OC)[C@H](O)[C@@H](C)/C=C(\C)[C@H](OC(N)=O)[C@@H](C)/C=C\C=C(/C)C(=O)N2.Cl.NC1(C(=O)Cl)CC1.[Cl-].[NH3+]C1(C(=O)[O-])CC1. The number of fused-ring (bicyclic) bond motifs is 4. The van der Waals surface area contributed by atoms with Crippen LogP contribution in [0.4, 0.5) is 21.0 Å². The van der Waals surface area contributed by atoms with Gasteiger partial charge in [-0.05, 0) is 107 Å². The fourth-order valence-electron chi connectivity index (χ4n) is 10.8. The van der Waals surface area contributed by atoms with Gasteiger partial charge in [-0.3, -0.25) is 24.0 Å². The maximum Gasteiger partial charge on any atom is 0.405 e. The Morgan fingerprint density at radius 1 is 0.760 bits per heavy atom. The van der Waals surface area contributed by atoms with E-state index in [1.54, 1.807) is 81.6 Å². The first-order valence-electron chi connectivity index (χ1n) is 31.2. The summed E-state index contributed by atoms with van der Waals surface area (Å²) in [6, 6.07) is 1.31. The summed E-state index contributed by atoms with van der Waals surface area (Å²) < 4.78 is 22.2. The number of ether oxygens (including phenoxy) is 4. The minimum Gasteiger partial charge on any atom is -1.00 e. The molecule has 2 aliphatic heterocycles. The molecule has 3 aliphatic carbocycles. The van der Waals surface area contributed by atoms with E-state index in [0.717, 1.165) is 12.8 Å². The third-order valence-electron chi connectivity index (χ3n) is 17.0. The summed E-state index contributed by atoms with van der Waals surface area (Å²) in [7, 11) is 2.98. The van der Waals surface area contributed by atoms with E-state index < -0.39 is 101 Å². The second-order valence-electron chi connectivity index (χ2n) is 25.0. The van der Waals surface area contributed by atoms with Crippen LogP contribution in [0.5, 0.6) is 11.5 Å². The number of halogens is 3. The number of ketones is 2. The Hall–Kier alpha value is -7.23. The highest BCUT2D eigenvalue weighted by atomic mass is 35.5. The average molecular weight is 1410 g/mol. The molecule has 0 spiro atoms. The number of anilines is 1. The van der Waals surface area contributed by atoms with Crippen molar-refractivity contribution in [2.75, 3.05) is 26.1 Å². The van der Waals surface area contributed by atoms with Crippen LogP contribution in [0.15, 0.2) is 125 Å². The molecule has 96 heavy (non-hydrogen) atoms. The van der Waals surface area contributed by atoms with Crippen LogP contribution in [0.25, 0.3) is 0 Å². The molecule has 2 saturated carbocycles. The number of amides is 4. The second-order valence-corrected chi connectivity index (χ2v) is 25.4. The molecule has 4 amide bonds. The lowest BCUT2D eigenvalue weighted by molar-refractivity contribution is -0.562. The largest absolute Gasteiger partial charge is 1.00 e. The van der Waals surface area contributed by atoms with Gasteiger partial charge in [0.15, 0.2) is 17.2 Å². The number of aliphatic hydroxyl groups is 2. The number of hydrogen-bond donors (Lipinski definition) is 11. The van der Waals surface area contributed by atoms with E-state index in [-0.39, 0.29) is 95.6 Å². The van der Waals surface area contributed by atoms with Crippen LogP contribution in [-0.2, 0) is 54.1 Å². The van der Waals surface area contributed by atoms with Gasteiger partial charge in [-0.15, -0.1) is 19.0 Å². The lowest BCUT2D eigenvalue weighted by atomic mass is 9.81. The molecular formula is C69H100Cl3N7O17. The Bertz CT molecular complexity index is 3210. The van der Waals surface area contributed by atoms with Gasteiger partial charge >= 0.3 is 12.2 Å². The number of allylic oxidation sites excluding steroid dienone is 8. The number of methoxy groups -OCH3 is 2. The van der Waals surface area contributed by atoms with Crippen molar-refractivity contribution in [1.82, 2.24) is 5.32 Å². The number of aromatic hydroxyl groups is 2. The number of benzene rings is 1. The molecule has 6 rings (SSSR count).